The maximum atomic E-state index is 5.55. The molecule has 1 atom stereocenters. The fraction of sp³-hybridized carbons (Fsp3) is 0.444. The predicted molar refractivity (Wildman–Crippen MR) is 88.8 cm³/mol. The van der Waals surface area contributed by atoms with E-state index in [0.717, 1.165) is 32.6 Å². The van der Waals surface area contributed by atoms with Gasteiger partial charge >= 0.3 is 0 Å². The van der Waals surface area contributed by atoms with Crippen LogP contribution in [0.5, 0.6) is 0 Å². The van der Waals surface area contributed by atoms with Crippen molar-refractivity contribution in [2.24, 2.45) is 0 Å². The topological polar surface area (TPSA) is 21.3 Å². The molecule has 0 fully saturated rings. The maximum Gasteiger partial charge on any atom is 0.0725 e. The molecule has 1 aromatic carbocycles. The lowest BCUT2D eigenvalue weighted by atomic mass is 9.97. The molecule has 1 N–H and O–H groups in total. The number of ether oxygens (including phenoxy) is 1. The number of benzene rings is 1. The van der Waals surface area contributed by atoms with Crippen LogP contribution in [0.4, 0.5) is 0 Å². The number of hydrogen-bond acceptors (Lipinski definition) is 3. The predicted octanol–water partition coefficient (Wildman–Crippen LogP) is 4.43. The highest BCUT2D eigenvalue weighted by Crippen LogP contribution is 2.32. The summed E-state index contributed by atoms with van der Waals surface area (Å²) in [4.78, 5) is 1.46. The molecule has 2 nitrogen and oxygen atoms in total. The van der Waals surface area contributed by atoms with Crippen molar-refractivity contribution >= 4 is 11.3 Å². The van der Waals surface area contributed by atoms with Crippen LogP contribution in [-0.4, -0.2) is 6.54 Å². The summed E-state index contributed by atoms with van der Waals surface area (Å²) in [6.07, 6.45) is 2.24. The van der Waals surface area contributed by atoms with Gasteiger partial charge in [0, 0.05) is 4.88 Å². The summed E-state index contributed by atoms with van der Waals surface area (Å²) >= 11 is 1.87. The van der Waals surface area contributed by atoms with Crippen LogP contribution in [0.3, 0.4) is 0 Å². The van der Waals surface area contributed by atoms with Gasteiger partial charge in [-0.15, -0.1) is 11.3 Å². The highest BCUT2D eigenvalue weighted by molar-refractivity contribution is 7.10. The Morgan fingerprint density at radius 2 is 2.05 bits per heavy atom. The maximum absolute atomic E-state index is 5.55. The van der Waals surface area contributed by atoms with Crippen molar-refractivity contribution in [1.29, 1.82) is 0 Å². The van der Waals surface area contributed by atoms with Crippen LogP contribution in [0, 0.1) is 0 Å². The third kappa shape index (κ3) is 3.05. The van der Waals surface area contributed by atoms with Gasteiger partial charge in [0.15, 0.2) is 0 Å². The van der Waals surface area contributed by atoms with E-state index < -0.39 is 0 Å². The van der Waals surface area contributed by atoms with Crippen molar-refractivity contribution < 1.29 is 4.74 Å². The molecular formula is C18H23NOS. The van der Waals surface area contributed by atoms with Crippen LogP contribution in [0.1, 0.15) is 53.4 Å². The lowest BCUT2D eigenvalue weighted by Gasteiger charge is -2.20. The van der Waals surface area contributed by atoms with E-state index in [4.69, 9.17) is 4.74 Å². The molecule has 0 spiro atoms. The van der Waals surface area contributed by atoms with Crippen molar-refractivity contribution in [1.82, 2.24) is 5.32 Å². The summed E-state index contributed by atoms with van der Waals surface area (Å²) in [5, 5.41) is 5.94. The molecule has 2 heterocycles. The van der Waals surface area contributed by atoms with Gasteiger partial charge in [0.2, 0.25) is 0 Å². The highest BCUT2D eigenvalue weighted by Gasteiger charge is 2.20. The average molecular weight is 301 g/mol. The van der Waals surface area contributed by atoms with Crippen molar-refractivity contribution in [3.63, 3.8) is 0 Å². The summed E-state index contributed by atoms with van der Waals surface area (Å²) in [5.41, 5.74) is 5.52. The third-order valence-electron chi connectivity index (χ3n) is 4.10. The van der Waals surface area contributed by atoms with Crippen LogP contribution >= 0.6 is 11.3 Å². The molecule has 1 aromatic heterocycles. The van der Waals surface area contributed by atoms with Crippen LogP contribution in [-0.2, 0) is 24.4 Å². The number of hydrogen-bond donors (Lipinski definition) is 1. The van der Waals surface area contributed by atoms with Gasteiger partial charge in [-0.25, -0.2) is 0 Å². The lowest BCUT2D eigenvalue weighted by molar-refractivity contribution is 0.134. The number of fused-ring (bicyclic) bond motifs is 1. The Bertz CT molecular complexity index is 605. The summed E-state index contributed by atoms with van der Waals surface area (Å²) < 4.78 is 5.55. The van der Waals surface area contributed by atoms with Gasteiger partial charge in [0.05, 0.1) is 19.3 Å². The summed E-state index contributed by atoms with van der Waals surface area (Å²) in [7, 11) is 0. The van der Waals surface area contributed by atoms with E-state index in [1.807, 2.05) is 11.3 Å². The van der Waals surface area contributed by atoms with E-state index in [1.54, 1.807) is 0 Å². The third-order valence-corrected chi connectivity index (χ3v) is 5.13. The van der Waals surface area contributed by atoms with Gasteiger partial charge in [0.25, 0.3) is 0 Å². The van der Waals surface area contributed by atoms with Crippen molar-refractivity contribution in [2.45, 2.75) is 45.9 Å². The van der Waals surface area contributed by atoms with Gasteiger partial charge in [-0.05, 0) is 53.1 Å². The summed E-state index contributed by atoms with van der Waals surface area (Å²) in [5.74, 6) is 0. The van der Waals surface area contributed by atoms with Crippen LogP contribution in [0.15, 0.2) is 29.6 Å². The molecule has 0 radical (unpaired) electrons. The molecule has 0 saturated heterocycles. The first kappa shape index (κ1) is 14.8. The first-order valence-electron chi connectivity index (χ1n) is 7.82. The second-order valence-electron chi connectivity index (χ2n) is 5.57. The molecule has 21 heavy (non-hydrogen) atoms. The van der Waals surface area contributed by atoms with Gasteiger partial charge in [-0.1, -0.05) is 32.0 Å². The standard InChI is InChI=1S/C18H23NOS/c1-3-8-19-17(18-13(4-2)7-9-21-18)14-5-6-15-11-20-12-16(15)10-14/h5-7,9-10,17,19H,3-4,8,11-12H2,1-2H3. The minimum atomic E-state index is 0.311. The SMILES string of the molecule is CCCNC(c1ccc2c(c1)COC2)c1sccc1CC. The van der Waals surface area contributed by atoms with Gasteiger partial charge in [-0.3, -0.25) is 0 Å². The molecule has 1 aliphatic rings. The van der Waals surface area contributed by atoms with Crippen LogP contribution in [0.2, 0.25) is 0 Å². The van der Waals surface area contributed by atoms with Gasteiger partial charge < -0.3 is 10.1 Å². The van der Waals surface area contributed by atoms with Crippen molar-refractivity contribution in [3.8, 4) is 0 Å². The van der Waals surface area contributed by atoms with Gasteiger partial charge in [0.1, 0.15) is 0 Å². The van der Waals surface area contributed by atoms with E-state index in [2.05, 4.69) is 48.8 Å². The highest BCUT2D eigenvalue weighted by atomic mass is 32.1. The Kier molecular flexibility index (Phi) is 4.73. The Labute approximate surface area is 131 Å². The fourth-order valence-corrected chi connectivity index (χ4v) is 4.01. The molecule has 2 aromatic rings. The van der Waals surface area contributed by atoms with Crippen LogP contribution in [0.25, 0.3) is 0 Å². The molecule has 112 valence electrons. The number of aryl methyl sites for hydroxylation is 1. The summed E-state index contributed by atoms with van der Waals surface area (Å²) in [6.45, 7) is 7.02. The zero-order chi connectivity index (χ0) is 14.7. The van der Waals surface area contributed by atoms with E-state index >= 15 is 0 Å². The summed E-state index contributed by atoms with van der Waals surface area (Å²) in [6, 6.07) is 9.40. The zero-order valence-electron chi connectivity index (χ0n) is 12.8. The normalized spacial score (nSPS) is 15.1. The van der Waals surface area contributed by atoms with Crippen molar-refractivity contribution in [3.05, 3.63) is 56.8 Å². The minimum Gasteiger partial charge on any atom is -0.372 e. The Morgan fingerprint density at radius 1 is 1.19 bits per heavy atom. The Morgan fingerprint density at radius 3 is 2.86 bits per heavy atom. The molecule has 1 unspecified atom stereocenters. The van der Waals surface area contributed by atoms with E-state index in [-0.39, 0.29) is 0 Å². The zero-order valence-corrected chi connectivity index (χ0v) is 13.6. The molecule has 1 aliphatic heterocycles. The second-order valence-corrected chi connectivity index (χ2v) is 6.52. The Balaban J connectivity index is 1.95. The average Bonchev–Trinajstić information content (AvgIpc) is 3.15. The quantitative estimate of drug-likeness (QED) is 0.852. The van der Waals surface area contributed by atoms with Gasteiger partial charge in [-0.2, -0.15) is 0 Å². The smallest absolute Gasteiger partial charge is 0.0725 e. The lowest BCUT2D eigenvalue weighted by Crippen LogP contribution is -2.23. The van der Waals surface area contributed by atoms with E-state index in [1.165, 1.54) is 27.1 Å². The molecule has 3 rings (SSSR count). The molecule has 0 aliphatic carbocycles. The molecule has 3 heteroatoms. The Hall–Kier alpha value is -1.16. The molecule has 0 saturated carbocycles. The molecule has 0 amide bonds. The molecular weight excluding hydrogens is 278 g/mol. The first-order chi connectivity index (χ1) is 10.3. The number of nitrogens with one attached hydrogen (secondary N) is 1. The largest absolute Gasteiger partial charge is 0.372 e. The molecule has 0 bridgehead atoms. The van der Waals surface area contributed by atoms with Crippen LogP contribution < -0.4 is 5.32 Å². The van der Waals surface area contributed by atoms with E-state index in [0.29, 0.717) is 6.04 Å². The van der Waals surface area contributed by atoms with Crippen molar-refractivity contribution in [2.75, 3.05) is 6.54 Å². The first-order valence-corrected chi connectivity index (χ1v) is 8.70. The fourth-order valence-electron chi connectivity index (χ4n) is 2.91. The number of rotatable bonds is 6. The minimum absolute atomic E-state index is 0.311. The number of thiophene rings is 1. The van der Waals surface area contributed by atoms with E-state index in [9.17, 15) is 0 Å². The monoisotopic (exact) mass is 301 g/mol. The second kappa shape index (κ2) is 6.73.